The number of piperidine rings is 1. The number of benzene rings is 1. The van der Waals surface area contributed by atoms with E-state index in [2.05, 4.69) is 37.0 Å². The average molecular weight is 339 g/mol. The van der Waals surface area contributed by atoms with E-state index < -0.39 is 0 Å². The summed E-state index contributed by atoms with van der Waals surface area (Å²) in [6.45, 7) is 8.57. The van der Waals surface area contributed by atoms with Crippen molar-refractivity contribution in [1.29, 1.82) is 0 Å². The molecule has 1 saturated heterocycles. The molecule has 2 aliphatic rings. The molecule has 1 aromatic heterocycles. The molecule has 5 nitrogen and oxygen atoms in total. The molecule has 0 unspecified atom stereocenters. The van der Waals surface area contributed by atoms with Crippen molar-refractivity contribution in [2.75, 3.05) is 19.7 Å². The van der Waals surface area contributed by atoms with Crippen molar-refractivity contribution in [3.8, 4) is 5.75 Å². The summed E-state index contributed by atoms with van der Waals surface area (Å²) in [5.74, 6) is 1.36. The first-order chi connectivity index (χ1) is 12.0. The molecule has 1 aromatic carbocycles. The largest absolute Gasteiger partial charge is 0.492 e. The third-order valence-electron chi connectivity index (χ3n) is 5.64. The number of rotatable bonds is 2. The topological polar surface area (TPSA) is 58.2 Å². The number of ether oxygens (including phenoxy) is 1. The van der Waals surface area contributed by atoms with E-state index in [1.807, 2.05) is 23.2 Å². The first-order valence-electron chi connectivity index (χ1n) is 9.03. The SMILES string of the molecule is Cc1[nH]ncc1C1CCN(C(=O)c2cccc3c2OCC3(C)C)CC1. The van der Waals surface area contributed by atoms with Crippen molar-refractivity contribution >= 4 is 5.91 Å². The van der Waals surface area contributed by atoms with Gasteiger partial charge in [-0.2, -0.15) is 5.10 Å². The number of carbonyl (C=O) groups is 1. The third kappa shape index (κ3) is 2.71. The summed E-state index contributed by atoms with van der Waals surface area (Å²) in [5, 5.41) is 7.14. The van der Waals surface area contributed by atoms with Crippen LogP contribution in [-0.2, 0) is 5.41 Å². The van der Waals surface area contributed by atoms with Crippen molar-refractivity contribution in [3.63, 3.8) is 0 Å². The Balaban J connectivity index is 1.51. The minimum absolute atomic E-state index is 0.0303. The van der Waals surface area contributed by atoms with Crippen molar-refractivity contribution in [1.82, 2.24) is 15.1 Å². The Morgan fingerprint density at radius 3 is 2.76 bits per heavy atom. The maximum absolute atomic E-state index is 13.1. The lowest BCUT2D eigenvalue weighted by atomic mass is 9.86. The molecule has 5 heteroatoms. The molecule has 0 radical (unpaired) electrons. The van der Waals surface area contributed by atoms with E-state index in [0.717, 1.165) is 42.9 Å². The fraction of sp³-hybridized carbons (Fsp3) is 0.500. The predicted molar refractivity (Wildman–Crippen MR) is 96.2 cm³/mol. The molecule has 1 N–H and O–H groups in total. The highest BCUT2D eigenvalue weighted by atomic mass is 16.5. The Labute approximate surface area is 148 Å². The molecule has 3 heterocycles. The number of carbonyl (C=O) groups excluding carboxylic acids is 1. The van der Waals surface area contributed by atoms with Crippen LogP contribution in [0.4, 0.5) is 0 Å². The van der Waals surface area contributed by atoms with Crippen LogP contribution in [0, 0.1) is 6.92 Å². The lowest BCUT2D eigenvalue weighted by molar-refractivity contribution is 0.0709. The Morgan fingerprint density at radius 2 is 2.08 bits per heavy atom. The van der Waals surface area contributed by atoms with Crippen LogP contribution in [0.1, 0.15) is 59.8 Å². The number of aromatic nitrogens is 2. The summed E-state index contributed by atoms with van der Waals surface area (Å²) in [4.78, 5) is 15.0. The molecule has 0 atom stereocenters. The van der Waals surface area contributed by atoms with Crippen LogP contribution in [0.15, 0.2) is 24.4 Å². The lowest BCUT2D eigenvalue weighted by Crippen LogP contribution is -2.38. The van der Waals surface area contributed by atoms with Gasteiger partial charge < -0.3 is 9.64 Å². The summed E-state index contributed by atoms with van der Waals surface area (Å²) in [5.41, 5.74) is 4.25. The maximum atomic E-state index is 13.1. The molecule has 0 spiro atoms. The van der Waals surface area contributed by atoms with E-state index in [1.54, 1.807) is 0 Å². The smallest absolute Gasteiger partial charge is 0.257 e. The highest BCUT2D eigenvalue weighted by Gasteiger charge is 2.36. The van der Waals surface area contributed by atoms with Crippen LogP contribution in [0.2, 0.25) is 0 Å². The lowest BCUT2D eigenvalue weighted by Gasteiger charge is -2.32. The number of aromatic amines is 1. The van der Waals surface area contributed by atoms with Crippen LogP contribution < -0.4 is 4.74 Å². The van der Waals surface area contributed by atoms with Gasteiger partial charge in [-0.25, -0.2) is 0 Å². The molecule has 0 aliphatic carbocycles. The number of para-hydroxylation sites is 1. The molecule has 4 rings (SSSR count). The van der Waals surface area contributed by atoms with Gasteiger partial charge >= 0.3 is 0 Å². The summed E-state index contributed by atoms with van der Waals surface area (Å²) < 4.78 is 5.89. The van der Waals surface area contributed by atoms with Gasteiger partial charge in [-0.05, 0) is 37.3 Å². The molecule has 2 aliphatic heterocycles. The number of hydrogen-bond acceptors (Lipinski definition) is 3. The van der Waals surface area contributed by atoms with Crippen LogP contribution in [0.5, 0.6) is 5.75 Å². The van der Waals surface area contributed by atoms with E-state index in [-0.39, 0.29) is 11.3 Å². The predicted octanol–water partition coefficient (Wildman–Crippen LogP) is 3.41. The van der Waals surface area contributed by atoms with E-state index >= 15 is 0 Å². The van der Waals surface area contributed by atoms with Gasteiger partial charge in [0.1, 0.15) is 5.75 Å². The van der Waals surface area contributed by atoms with E-state index in [4.69, 9.17) is 4.74 Å². The molecule has 1 fully saturated rings. The second-order valence-corrected chi connectivity index (χ2v) is 7.87. The standard InChI is InChI=1S/C20H25N3O2/c1-13-16(11-21-22-13)14-7-9-23(10-8-14)19(24)15-5-4-6-17-18(15)25-12-20(17,2)3/h4-6,11,14H,7-10,12H2,1-3H3,(H,21,22). The Bertz CT molecular complexity index is 801. The number of amides is 1. The zero-order valence-electron chi connectivity index (χ0n) is 15.1. The molecule has 132 valence electrons. The Morgan fingerprint density at radius 1 is 1.32 bits per heavy atom. The zero-order valence-corrected chi connectivity index (χ0v) is 15.1. The second kappa shape index (κ2) is 5.90. The first-order valence-corrected chi connectivity index (χ1v) is 9.03. The Kier molecular flexibility index (Phi) is 3.82. The fourth-order valence-electron chi connectivity index (χ4n) is 4.06. The van der Waals surface area contributed by atoms with Crippen molar-refractivity contribution < 1.29 is 9.53 Å². The van der Waals surface area contributed by atoms with E-state index in [0.29, 0.717) is 18.1 Å². The first kappa shape index (κ1) is 16.2. The molecule has 2 aromatic rings. The molecular formula is C20H25N3O2. The Hall–Kier alpha value is -2.30. The van der Waals surface area contributed by atoms with Gasteiger partial charge in [0.2, 0.25) is 0 Å². The van der Waals surface area contributed by atoms with Gasteiger partial charge in [0.15, 0.2) is 0 Å². The fourth-order valence-corrected chi connectivity index (χ4v) is 4.06. The molecule has 25 heavy (non-hydrogen) atoms. The van der Waals surface area contributed by atoms with E-state index in [1.165, 1.54) is 5.56 Å². The molecule has 1 amide bonds. The number of hydrogen-bond donors (Lipinski definition) is 1. The van der Waals surface area contributed by atoms with Crippen LogP contribution >= 0.6 is 0 Å². The molecule has 0 bridgehead atoms. The highest BCUT2D eigenvalue weighted by Crippen LogP contribution is 2.41. The maximum Gasteiger partial charge on any atom is 0.257 e. The normalized spacial score (nSPS) is 19.6. The zero-order chi connectivity index (χ0) is 17.6. The number of aryl methyl sites for hydroxylation is 1. The van der Waals surface area contributed by atoms with Gasteiger partial charge in [-0.1, -0.05) is 26.0 Å². The summed E-state index contributed by atoms with van der Waals surface area (Å²) >= 11 is 0. The van der Waals surface area contributed by atoms with Gasteiger partial charge in [0.05, 0.1) is 18.4 Å². The minimum Gasteiger partial charge on any atom is -0.492 e. The van der Waals surface area contributed by atoms with E-state index in [9.17, 15) is 4.79 Å². The third-order valence-corrected chi connectivity index (χ3v) is 5.64. The monoisotopic (exact) mass is 339 g/mol. The number of fused-ring (bicyclic) bond motifs is 1. The molecular weight excluding hydrogens is 314 g/mol. The van der Waals surface area contributed by atoms with Crippen LogP contribution in [0.25, 0.3) is 0 Å². The molecule has 0 saturated carbocycles. The number of nitrogens with one attached hydrogen (secondary N) is 1. The van der Waals surface area contributed by atoms with Crippen molar-refractivity contribution in [2.24, 2.45) is 0 Å². The van der Waals surface area contributed by atoms with Crippen LogP contribution in [-0.4, -0.2) is 40.7 Å². The second-order valence-electron chi connectivity index (χ2n) is 7.87. The van der Waals surface area contributed by atoms with Gasteiger partial charge in [0, 0.05) is 29.8 Å². The number of likely N-dealkylation sites (tertiary alicyclic amines) is 1. The van der Waals surface area contributed by atoms with Gasteiger partial charge in [0.25, 0.3) is 5.91 Å². The summed E-state index contributed by atoms with van der Waals surface area (Å²) in [6, 6.07) is 5.95. The minimum atomic E-state index is -0.0303. The number of nitrogens with zero attached hydrogens (tertiary/aromatic N) is 2. The van der Waals surface area contributed by atoms with Gasteiger partial charge in [-0.15, -0.1) is 0 Å². The van der Waals surface area contributed by atoms with Crippen LogP contribution in [0.3, 0.4) is 0 Å². The van der Waals surface area contributed by atoms with Crippen molar-refractivity contribution in [2.45, 2.75) is 44.9 Å². The average Bonchev–Trinajstić information content (AvgIpc) is 3.18. The summed E-state index contributed by atoms with van der Waals surface area (Å²) in [6.07, 6.45) is 3.89. The quantitative estimate of drug-likeness (QED) is 0.912. The number of H-pyrrole nitrogens is 1. The van der Waals surface area contributed by atoms with Crippen molar-refractivity contribution in [3.05, 3.63) is 46.8 Å². The van der Waals surface area contributed by atoms with Gasteiger partial charge in [-0.3, -0.25) is 9.89 Å². The summed E-state index contributed by atoms with van der Waals surface area (Å²) in [7, 11) is 0. The highest BCUT2D eigenvalue weighted by molar-refractivity contribution is 5.97.